The zero-order valence-corrected chi connectivity index (χ0v) is 19.3. The van der Waals surface area contributed by atoms with Crippen molar-refractivity contribution in [2.75, 3.05) is 27.2 Å². The lowest BCUT2D eigenvalue weighted by Crippen LogP contribution is -2.37. The summed E-state index contributed by atoms with van der Waals surface area (Å²) in [6.45, 7) is 7.79. The highest BCUT2D eigenvalue weighted by Gasteiger charge is 2.37. The molecule has 0 saturated carbocycles. The molecule has 0 N–H and O–H groups in total. The highest BCUT2D eigenvalue weighted by molar-refractivity contribution is 5.87. The Morgan fingerprint density at radius 1 is 1.13 bits per heavy atom. The van der Waals surface area contributed by atoms with Crippen LogP contribution in [-0.2, 0) is 29.9 Å². The first kappa shape index (κ1) is 22.7. The van der Waals surface area contributed by atoms with Gasteiger partial charge in [-0.05, 0) is 70.1 Å². The molecule has 0 aliphatic carbocycles. The molecular formula is C25H33ClN2O2. The average molecular weight is 429 g/mol. The Morgan fingerprint density at radius 2 is 1.90 bits per heavy atom. The van der Waals surface area contributed by atoms with E-state index in [1.807, 2.05) is 18.2 Å². The maximum atomic E-state index is 6.37. The zero-order chi connectivity index (χ0) is 20.4. The van der Waals surface area contributed by atoms with E-state index in [-0.39, 0.29) is 18.0 Å². The van der Waals surface area contributed by atoms with E-state index in [0.717, 1.165) is 38.3 Å². The van der Waals surface area contributed by atoms with Crippen molar-refractivity contribution in [2.45, 2.75) is 45.4 Å². The van der Waals surface area contributed by atoms with Crippen molar-refractivity contribution in [3.05, 3.63) is 65.4 Å². The molecule has 1 aliphatic rings. The van der Waals surface area contributed by atoms with Gasteiger partial charge in [0.1, 0.15) is 18.0 Å². The molecule has 4 rings (SSSR count). The summed E-state index contributed by atoms with van der Waals surface area (Å²) in [6, 6.07) is 16.9. The Hall–Kier alpha value is -2.01. The number of aryl methyl sites for hydroxylation is 1. The number of ether oxygens (including phenoxy) is 2. The second kappa shape index (κ2) is 9.42. The van der Waals surface area contributed by atoms with Gasteiger partial charge in [0.15, 0.2) is 0 Å². The van der Waals surface area contributed by atoms with Crippen molar-refractivity contribution in [1.29, 1.82) is 0 Å². The number of aromatic nitrogens is 1. The smallest absolute Gasteiger partial charge is 0.120 e. The van der Waals surface area contributed by atoms with E-state index in [2.05, 4.69) is 67.7 Å². The lowest BCUT2D eigenvalue weighted by Gasteiger charge is -2.36. The fourth-order valence-corrected chi connectivity index (χ4v) is 4.49. The maximum absolute atomic E-state index is 6.37. The molecule has 2 heterocycles. The van der Waals surface area contributed by atoms with Gasteiger partial charge in [-0.25, -0.2) is 0 Å². The molecule has 1 atom stereocenters. The number of rotatable bonds is 7. The van der Waals surface area contributed by atoms with E-state index in [1.165, 1.54) is 27.7 Å². The van der Waals surface area contributed by atoms with Crippen LogP contribution in [0.15, 0.2) is 48.5 Å². The summed E-state index contributed by atoms with van der Waals surface area (Å²) in [5.41, 5.74) is 5.00. The normalized spacial score (nSPS) is 18.3. The summed E-state index contributed by atoms with van der Waals surface area (Å²) in [5.74, 6) is 0.930. The Balaban J connectivity index is 0.00000256. The number of fused-ring (bicyclic) bond motifs is 3. The monoisotopic (exact) mass is 428 g/mol. The predicted octanol–water partition coefficient (Wildman–Crippen LogP) is 5.40. The molecule has 1 aliphatic heterocycles. The molecule has 0 fully saturated rings. The lowest BCUT2D eigenvalue weighted by atomic mass is 9.89. The van der Waals surface area contributed by atoms with Gasteiger partial charge in [0.05, 0.1) is 12.3 Å². The van der Waals surface area contributed by atoms with Crippen molar-refractivity contribution < 1.29 is 9.47 Å². The van der Waals surface area contributed by atoms with Gasteiger partial charge >= 0.3 is 0 Å². The van der Waals surface area contributed by atoms with E-state index in [0.29, 0.717) is 6.61 Å². The second-order valence-electron chi connectivity index (χ2n) is 8.41. The Labute approximate surface area is 186 Å². The Bertz CT molecular complexity index is 984. The van der Waals surface area contributed by atoms with Crippen LogP contribution in [0.1, 0.15) is 37.1 Å². The first-order chi connectivity index (χ1) is 14.0. The van der Waals surface area contributed by atoms with Gasteiger partial charge in [-0.1, -0.05) is 30.3 Å². The Kier molecular flexibility index (Phi) is 7.12. The molecule has 0 saturated heterocycles. The highest BCUT2D eigenvalue weighted by atomic mass is 35.5. The van der Waals surface area contributed by atoms with Crippen LogP contribution in [-0.4, -0.2) is 36.7 Å². The van der Waals surface area contributed by atoms with Crippen molar-refractivity contribution >= 4 is 23.3 Å². The molecule has 0 spiro atoms. The number of hydrogen-bond donors (Lipinski definition) is 0. The zero-order valence-electron chi connectivity index (χ0n) is 18.5. The van der Waals surface area contributed by atoms with Gasteiger partial charge in [0.2, 0.25) is 0 Å². The lowest BCUT2D eigenvalue weighted by molar-refractivity contribution is -0.0604. The molecule has 5 heteroatoms. The minimum Gasteiger partial charge on any atom is -0.489 e. The fraction of sp³-hybridized carbons (Fsp3) is 0.440. The van der Waals surface area contributed by atoms with E-state index < -0.39 is 0 Å². The molecule has 3 aromatic rings. The first-order valence-corrected chi connectivity index (χ1v) is 10.6. The maximum Gasteiger partial charge on any atom is 0.120 e. The SMILES string of the molecule is CCn1c2c(c3cc(OCc4ccccc4)ccc31)CCOC2(C)CCN(C)C.Cl. The van der Waals surface area contributed by atoms with Crippen molar-refractivity contribution in [2.24, 2.45) is 0 Å². The predicted molar refractivity (Wildman–Crippen MR) is 126 cm³/mol. The quantitative estimate of drug-likeness (QED) is 0.504. The van der Waals surface area contributed by atoms with E-state index in [1.54, 1.807) is 0 Å². The fourth-order valence-electron chi connectivity index (χ4n) is 4.49. The molecule has 162 valence electrons. The minimum absolute atomic E-state index is 0. The summed E-state index contributed by atoms with van der Waals surface area (Å²) in [4.78, 5) is 2.23. The van der Waals surface area contributed by atoms with Gasteiger partial charge in [0.25, 0.3) is 0 Å². The van der Waals surface area contributed by atoms with Crippen molar-refractivity contribution in [1.82, 2.24) is 9.47 Å². The largest absolute Gasteiger partial charge is 0.489 e. The van der Waals surface area contributed by atoms with Crippen LogP contribution >= 0.6 is 12.4 Å². The minimum atomic E-state index is -0.252. The number of benzene rings is 2. The van der Waals surface area contributed by atoms with Crippen LogP contribution in [0.4, 0.5) is 0 Å². The van der Waals surface area contributed by atoms with E-state index in [4.69, 9.17) is 9.47 Å². The van der Waals surface area contributed by atoms with Crippen LogP contribution in [0.2, 0.25) is 0 Å². The molecule has 2 aromatic carbocycles. The topological polar surface area (TPSA) is 26.6 Å². The van der Waals surface area contributed by atoms with Gasteiger partial charge in [-0.15, -0.1) is 12.4 Å². The van der Waals surface area contributed by atoms with Crippen LogP contribution in [0, 0.1) is 0 Å². The van der Waals surface area contributed by atoms with Crippen molar-refractivity contribution in [3.63, 3.8) is 0 Å². The van der Waals surface area contributed by atoms with Crippen LogP contribution in [0.25, 0.3) is 10.9 Å². The number of hydrogen-bond acceptors (Lipinski definition) is 3. The molecule has 0 radical (unpaired) electrons. The third-order valence-electron chi connectivity index (χ3n) is 6.01. The van der Waals surface area contributed by atoms with Gasteiger partial charge in [-0.2, -0.15) is 0 Å². The molecular weight excluding hydrogens is 396 g/mol. The summed E-state index contributed by atoms with van der Waals surface area (Å²) in [5, 5.41) is 1.31. The molecule has 30 heavy (non-hydrogen) atoms. The van der Waals surface area contributed by atoms with Crippen LogP contribution in [0.5, 0.6) is 5.75 Å². The highest BCUT2D eigenvalue weighted by Crippen LogP contribution is 2.42. The molecule has 1 aromatic heterocycles. The van der Waals surface area contributed by atoms with Gasteiger partial charge in [-0.3, -0.25) is 0 Å². The summed E-state index contributed by atoms with van der Waals surface area (Å²) in [7, 11) is 4.25. The summed E-state index contributed by atoms with van der Waals surface area (Å²) < 4.78 is 14.9. The molecule has 0 amide bonds. The molecule has 0 bridgehead atoms. The van der Waals surface area contributed by atoms with E-state index >= 15 is 0 Å². The van der Waals surface area contributed by atoms with Crippen LogP contribution < -0.4 is 4.74 Å². The summed E-state index contributed by atoms with van der Waals surface area (Å²) >= 11 is 0. The summed E-state index contributed by atoms with van der Waals surface area (Å²) in [6.07, 6.45) is 1.94. The molecule has 1 unspecified atom stereocenters. The average Bonchev–Trinajstić information content (AvgIpc) is 3.06. The van der Waals surface area contributed by atoms with Crippen LogP contribution in [0.3, 0.4) is 0 Å². The standard InChI is InChI=1S/C25H32N2O2.ClH/c1-5-27-23-12-11-20(28-18-19-9-7-6-8-10-19)17-22(23)21-13-16-29-25(2,24(21)27)14-15-26(3)4;/h6-12,17H,5,13-16,18H2,1-4H3;1H. The van der Waals surface area contributed by atoms with Gasteiger partial charge in [0, 0.05) is 24.0 Å². The number of halogens is 1. The first-order valence-electron chi connectivity index (χ1n) is 10.6. The molecule has 4 nitrogen and oxygen atoms in total. The van der Waals surface area contributed by atoms with Gasteiger partial charge < -0.3 is 18.9 Å². The Morgan fingerprint density at radius 3 is 2.60 bits per heavy atom. The third-order valence-corrected chi connectivity index (χ3v) is 6.01. The number of nitrogens with zero attached hydrogens (tertiary/aromatic N) is 2. The van der Waals surface area contributed by atoms with E-state index in [9.17, 15) is 0 Å². The third kappa shape index (κ3) is 4.36. The van der Waals surface area contributed by atoms with Crippen molar-refractivity contribution in [3.8, 4) is 5.75 Å². The second-order valence-corrected chi connectivity index (χ2v) is 8.41.